The molecule has 102 valence electrons. The van der Waals surface area contributed by atoms with Crippen molar-refractivity contribution in [2.24, 2.45) is 5.92 Å². The Bertz CT molecular complexity index is 308. The molecular formula is C13H21ClN2O2. The third kappa shape index (κ3) is 3.16. The highest BCUT2D eigenvalue weighted by Gasteiger charge is 2.30. The van der Waals surface area contributed by atoms with Crippen LogP contribution < -0.4 is 0 Å². The van der Waals surface area contributed by atoms with E-state index in [4.69, 9.17) is 11.6 Å². The Hall–Kier alpha value is -0.770. The van der Waals surface area contributed by atoms with E-state index in [0.717, 1.165) is 38.8 Å². The summed E-state index contributed by atoms with van der Waals surface area (Å²) in [7, 11) is 0. The van der Waals surface area contributed by atoms with Crippen molar-refractivity contribution in [3.8, 4) is 0 Å². The molecule has 0 bridgehead atoms. The predicted octanol–water partition coefficient (Wildman–Crippen LogP) is 1.48. The summed E-state index contributed by atoms with van der Waals surface area (Å²) in [5.41, 5.74) is 0. The molecule has 18 heavy (non-hydrogen) atoms. The minimum Gasteiger partial charge on any atom is -0.342 e. The Morgan fingerprint density at radius 1 is 0.944 bits per heavy atom. The van der Waals surface area contributed by atoms with Crippen molar-refractivity contribution in [2.75, 3.05) is 32.1 Å². The summed E-state index contributed by atoms with van der Waals surface area (Å²) < 4.78 is 0. The van der Waals surface area contributed by atoms with E-state index in [9.17, 15) is 9.59 Å². The monoisotopic (exact) mass is 272 g/mol. The van der Waals surface area contributed by atoms with Crippen LogP contribution in [0.15, 0.2) is 0 Å². The second-order valence-electron chi connectivity index (χ2n) is 5.17. The average Bonchev–Trinajstić information content (AvgIpc) is 2.47. The van der Waals surface area contributed by atoms with Gasteiger partial charge in [-0.1, -0.05) is 0 Å². The summed E-state index contributed by atoms with van der Waals surface area (Å²) in [6.45, 7) is 3.19. The van der Waals surface area contributed by atoms with Gasteiger partial charge in [0, 0.05) is 32.1 Å². The number of carbonyl (C=O) groups excluding carboxylic acids is 2. The molecule has 0 aliphatic carbocycles. The first-order chi connectivity index (χ1) is 8.72. The largest absolute Gasteiger partial charge is 0.342 e. The number of amides is 2. The first-order valence-corrected chi connectivity index (χ1v) is 7.38. The zero-order valence-electron chi connectivity index (χ0n) is 10.7. The van der Waals surface area contributed by atoms with Crippen LogP contribution in [0.4, 0.5) is 0 Å². The van der Waals surface area contributed by atoms with Crippen LogP contribution in [-0.2, 0) is 9.59 Å². The van der Waals surface area contributed by atoms with Gasteiger partial charge in [-0.2, -0.15) is 0 Å². The van der Waals surface area contributed by atoms with E-state index >= 15 is 0 Å². The second-order valence-corrected chi connectivity index (χ2v) is 5.44. The van der Waals surface area contributed by atoms with Gasteiger partial charge in [0.1, 0.15) is 5.88 Å². The molecule has 0 aromatic heterocycles. The summed E-state index contributed by atoms with van der Waals surface area (Å²) in [5.74, 6) is 0.445. The highest BCUT2D eigenvalue weighted by atomic mass is 35.5. The first kappa shape index (κ1) is 13.7. The van der Waals surface area contributed by atoms with Crippen LogP contribution >= 0.6 is 11.6 Å². The molecule has 2 aliphatic rings. The van der Waals surface area contributed by atoms with Crippen LogP contribution in [0.25, 0.3) is 0 Å². The van der Waals surface area contributed by atoms with Crippen molar-refractivity contribution in [3.63, 3.8) is 0 Å². The van der Waals surface area contributed by atoms with Gasteiger partial charge in [0.25, 0.3) is 0 Å². The molecule has 2 heterocycles. The molecule has 2 saturated heterocycles. The summed E-state index contributed by atoms with van der Waals surface area (Å²) in [4.78, 5) is 27.5. The highest BCUT2D eigenvalue weighted by Crippen LogP contribution is 2.22. The lowest BCUT2D eigenvalue weighted by Gasteiger charge is -2.35. The van der Waals surface area contributed by atoms with Crippen LogP contribution in [0.5, 0.6) is 0 Å². The lowest BCUT2D eigenvalue weighted by atomic mass is 9.94. The van der Waals surface area contributed by atoms with Crippen LogP contribution in [0, 0.1) is 5.92 Å². The minimum absolute atomic E-state index is 0.0134. The smallest absolute Gasteiger partial charge is 0.237 e. The topological polar surface area (TPSA) is 40.6 Å². The molecule has 4 nitrogen and oxygen atoms in total. The number of carbonyl (C=O) groups is 2. The molecule has 2 amide bonds. The fraction of sp³-hybridized carbons (Fsp3) is 0.846. The van der Waals surface area contributed by atoms with Crippen LogP contribution in [0.3, 0.4) is 0 Å². The van der Waals surface area contributed by atoms with Crippen molar-refractivity contribution in [2.45, 2.75) is 32.1 Å². The number of alkyl halides is 1. The number of halogens is 1. The second kappa shape index (κ2) is 6.41. The highest BCUT2D eigenvalue weighted by molar-refractivity contribution is 6.27. The molecule has 5 heteroatoms. The molecule has 0 saturated carbocycles. The van der Waals surface area contributed by atoms with Gasteiger partial charge < -0.3 is 9.80 Å². The molecule has 2 aliphatic heterocycles. The predicted molar refractivity (Wildman–Crippen MR) is 70.5 cm³/mol. The van der Waals surface area contributed by atoms with E-state index in [1.807, 2.05) is 4.90 Å². The molecule has 0 radical (unpaired) electrons. The number of nitrogens with zero attached hydrogens (tertiary/aromatic N) is 2. The van der Waals surface area contributed by atoms with Gasteiger partial charge in [-0.05, 0) is 32.1 Å². The fourth-order valence-corrected chi connectivity index (χ4v) is 3.00. The standard InChI is InChI=1S/C13H21ClN2O2/c14-10-12(17)15-8-4-11(5-9-15)13(18)16-6-2-1-3-7-16/h11H,1-10H2. The molecule has 2 rings (SSSR count). The van der Waals surface area contributed by atoms with Gasteiger partial charge in [0.05, 0.1) is 0 Å². The van der Waals surface area contributed by atoms with Crippen LogP contribution in [0.2, 0.25) is 0 Å². The Morgan fingerprint density at radius 2 is 1.56 bits per heavy atom. The van der Waals surface area contributed by atoms with Crippen molar-refractivity contribution < 1.29 is 9.59 Å². The fourth-order valence-electron chi connectivity index (χ4n) is 2.83. The van der Waals surface area contributed by atoms with Crippen molar-refractivity contribution in [1.82, 2.24) is 9.80 Å². The third-order valence-electron chi connectivity index (χ3n) is 3.98. The third-order valence-corrected chi connectivity index (χ3v) is 4.21. The SMILES string of the molecule is O=C(CCl)N1CCC(C(=O)N2CCCCC2)CC1. The molecule has 0 aromatic rings. The van der Waals surface area contributed by atoms with E-state index in [2.05, 4.69) is 0 Å². The molecular weight excluding hydrogens is 252 g/mol. The zero-order valence-corrected chi connectivity index (χ0v) is 11.5. The molecule has 0 unspecified atom stereocenters. The zero-order chi connectivity index (χ0) is 13.0. The number of hydrogen-bond acceptors (Lipinski definition) is 2. The van der Waals surface area contributed by atoms with E-state index in [1.165, 1.54) is 6.42 Å². The number of piperidine rings is 2. The maximum absolute atomic E-state index is 12.3. The number of rotatable bonds is 2. The first-order valence-electron chi connectivity index (χ1n) is 6.85. The lowest BCUT2D eigenvalue weighted by molar-refractivity contribution is -0.140. The van der Waals surface area contributed by atoms with Crippen molar-refractivity contribution >= 4 is 23.4 Å². The molecule has 0 atom stereocenters. The molecule has 0 N–H and O–H groups in total. The van der Waals surface area contributed by atoms with E-state index < -0.39 is 0 Å². The Labute approximate surface area is 113 Å². The maximum atomic E-state index is 12.3. The summed E-state index contributed by atoms with van der Waals surface area (Å²) in [6.07, 6.45) is 5.09. The summed E-state index contributed by atoms with van der Waals surface area (Å²) in [5, 5.41) is 0. The molecule has 0 aromatic carbocycles. The van der Waals surface area contributed by atoms with Gasteiger partial charge in [0.15, 0.2) is 0 Å². The normalized spacial score (nSPS) is 22.1. The minimum atomic E-state index is -0.0134. The quantitative estimate of drug-likeness (QED) is 0.715. The van der Waals surface area contributed by atoms with Gasteiger partial charge in [-0.25, -0.2) is 0 Å². The number of likely N-dealkylation sites (tertiary alicyclic amines) is 2. The Kier molecular flexibility index (Phi) is 4.87. The van der Waals surface area contributed by atoms with Gasteiger partial charge >= 0.3 is 0 Å². The Balaban J connectivity index is 1.81. The average molecular weight is 273 g/mol. The Morgan fingerprint density at radius 3 is 2.11 bits per heavy atom. The molecule has 0 spiro atoms. The molecule has 2 fully saturated rings. The van der Waals surface area contributed by atoms with Gasteiger partial charge in [-0.15, -0.1) is 11.6 Å². The summed E-state index contributed by atoms with van der Waals surface area (Å²) in [6, 6.07) is 0. The maximum Gasteiger partial charge on any atom is 0.237 e. The van der Waals surface area contributed by atoms with E-state index in [1.54, 1.807) is 4.90 Å². The van der Waals surface area contributed by atoms with E-state index in [-0.39, 0.29) is 17.7 Å². The van der Waals surface area contributed by atoms with Gasteiger partial charge in [-0.3, -0.25) is 9.59 Å². The van der Waals surface area contributed by atoms with E-state index in [0.29, 0.717) is 19.0 Å². The number of hydrogen-bond donors (Lipinski definition) is 0. The van der Waals surface area contributed by atoms with Crippen molar-refractivity contribution in [3.05, 3.63) is 0 Å². The van der Waals surface area contributed by atoms with Gasteiger partial charge in [0.2, 0.25) is 11.8 Å². The van der Waals surface area contributed by atoms with Crippen LogP contribution in [0.1, 0.15) is 32.1 Å². The lowest BCUT2D eigenvalue weighted by Crippen LogP contribution is -2.46. The van der Waals surface area contributed by atoms with Crippen LogP contribution in [-0.4, -0.2) is 53.7 Å². The van der Waals surface area contributed by atoms with Crippen molar-refractivity contribution in [1.29, 1.82) is 0 Å². The summed E-state index contributed by atoms with van der Waals surface area (Å²) >= 11 is 5.54.